The molecule has 0 saturated carbocycles. The van der Waals surface area contributed by atoms with Crippen molar-refractivity contribution < 1.29 is 8.42 Å². The molecule has 2 aromatic rings. The number of primary sulfonamides is 1. The number of halogens is 1. The molecule has 0 fully saturated rings. The second-order valence-corrected chi connectivity index (χ2v) is 5.86. The van der Waals surface area contributed by atoms with Gasteiger partial charge < -0.3 is 11.1 Å². The zero-order valence-corrected chi connectivity index (χ0v) is 11.4. The third kappa shape index (κ3) is 3.17. The van der Waals surface area contributed by atoms with E-state index in [2.05, 4.69) is 5.32 Å². The van der Waals surface area contributed by atoms with Crippen molar-refractivity contribution >= 4 is 38.7 Å². The highest BCUT2D eigenvalue weighted by Gasteiger charge is 2.14. The number of hydrogen-bond acceptors (Lipinski definition) is 4. The third-order valence-electron chi connectivity index (χ3n) is 2.50. The lowest BCUT2D eigenvalue weighted by molar-refractivity contribution is 0.598. The maximum Gasteiger partial charge on any atom is 0.240 e. The van der Waals surface area contributed by atoms with Crippen LogP contribution in [0.25, 0.3) is 0 Å². The molecule has 0 aliphatic heterocycles. The predicted molar refractivity (Wildman–Crippen MR) is 77.0 cm³/mol. The first-order valence-electron chi connectivity index (χ1n) is 5.32. The van der Waals surface area contributed by atoms with Gasteiger partial charge in [0.1, 0.15) is 4.90 Å². The van der Waals surface area contributed by atoms with Gasteiger partial charge in [-0.25, -0.2) is 13.6 Å². The lowest BCUT2D eigenvalue weighted by Crippen LogP contribution is -2.15. The number of benzene rings is 2. The molecule has 100 valence electrons. The fourth-order valence-corrected chi connectivity index (χ4v) is 2.40. The Morgan fingerprint density at radius 1 is 1.05 bits per heavy atom. The molecule has 0 radical (unpaired) electrons. The fourth-order valence-electron chi connectivity index (χ4n) is 1.59. The van der Waals surface area contributed by atoms with Crippen LogP contribution in [-0.4, -0.2) is 8.42 Å². The van der Waals surface area contributed by atoms with Crippen LogP contribution < -0.4 is 16.2 Å². The van der Waals surface area contributed by atoms with Crippen molar-refractivity contribution in [3.63, 3.8) is 0 Å². The second-order valence-electron chi connectivity index (χ2n) is 3.89. The summed E-state index contributed by atoms with van der Waals surface area (Å²) in [5.74, 6) is 0. The Labute approximate surface area is 116 Å². The van der Waals surface area contributed by atoms with Gasteiger partial charge in [0.25, 0.3) is 0 Å². The summed E-state index contributed by atoms with van der Waals surface area (Å²) in [4.78, 5) is -0.105. The first-order chi connectivity index (χ1) is 8.88. The molecule has 19 heavy (non-hydrogen) atoms. The zero-order chi connectivity index (χ0) is 14.0. The molecular formula is C12H12ClN3O2S. The van der Waals surface area contributed by atoms with Crippen LogP contribution in [0.5, 0.6) is 0 Å². The number of hydrogen-bond donors (Lipinski definition) is 3. The molecule has 0 aromatic heterocycles. The van der Waals surface area contributed by atoms with Crippen molar-refractivity contribution in [1.82, 2.24) is 0 Å². The average Bonchev–Trinajstić information content (AvgIpc) is 2.33. The Hall–Kier alpha value is -1.76. The monoisotopic (exact) mass is 297 g/mol. The number of rotatable bonds is 3. The summed E-state index contributed by atoms with van der Waals surface area (Å²) in [6.45, 7) is 0. The van der Waals surface area contributed by atoms with E-state index < -0.39 is 10.0 Å². The largest absolute Gasteiger partial charge is 0.396 e. The first kappa shape index (κ1) is 13.7. The van der Waals surface area contributed by atoms with Gasteiger partial charge in [-0.3, -0.25) is 0 Å². The van der Waals surface area contributed by atoms with Crippen molar-refractivity contribution in [2.24, 2.45) is 5.14 Å². The van der Waals surface area contributed by atoms with E-state index in [9.17, 15) is 8.42 Å². The van der Waals surface area contributed by atoms with Crippen molar-refractivity contribution in [1.29, 1.82) is 0 Å². The summed E-state index contributed by atoms with van der Waals surface area (Å²) in [6.07, 6.45) is 0. The molecule has 5 nitrogen and oxygen atoms in total. The highest BCUT2D eigenvalue weighted by Crippen LogP contribution is 2.28. The maximum absolute atomic E-state index is 11.4. The van der Waals surface area contributed by atoms with E-state index in [-0.39, 0.29) is 10.6 Å². The van der Waals surface area contributed by atoms with Gasteiger partial charge in [-0.1, -0.05) is 17.7 Å². The van der Waals surface area contributed by atoms with E-state index in [0.717, 1.165) is 5.69 Å². The minimum Gasteiger partial charge on any atom is -0.396 e. The molecular weight excluding hydrogens is 286 g/mol. The summed E-state index contributed by atoms with van der Waals surface area (Å²) < 4.78 is 22.7. The van der Waals surface area contributed by atoms with Gasteiger partial charge in [-0.15, -0.1) is 0 Å². The third-order valence-corrected chi connectivity index (χ3v) is 3.72. The molecule has 0 bridgehead atoms. The molecule has 2 rings (SSSR count). The van der Waals surface area contributed by atoms with Crippen molar-refractivity contribution in [2.75, 3.05) is 11.1 Å². The number of anilines is 3. The van der Waals surface area contributed by atoms with E-state index in [1.54, 1.807) is 36.4 Å². The molecule has 7 heteroatoms. The normalized spacial score (nSPS) is 11.3. The first-order valence-corrected chi connectivity index (χ1v) is 7.24. The Morgan fingerprint density at radius 2 is 1.68 bits per heavy atom. The van der Waals surface area contributed by atoms with Crippen LogP contribution in [0.3, 0.4) is 0 Å². The van der Waals surface area contributed by atoms with Gasteiger partial charge in [0, 0.05) is 10.7 Å². The molecule has 2 aromatic carbocycles. The van der Waals surface area contributed by atoms with E-state index in [1.165, 1.54) is 6.07 Å². The second kappa shape index (κ2) is 5.08. The Morgan fingerprint density at radius 3 is 2.26 bits per heavy atom. The summed E-state index contributed by atoms with van der Waals surface area (Å²) in [5, 5.41) is 8.70. The van der Waals surface area contributed by atoms with Crippen molar-refractivity contribution in [3.05, 3.63) is 47.5 Å². The number of nitrogens with one attached hydrogen (secondary N) is 1. The number of nitrogens with two attached hydrogens (primary N) is 2. The van der Waals surface area contributed by atoms with E-state index in [0.29, 0.717) is 10.7 Å². The van der Waals surface area contributed by atoms with Crippen LogP contribution in [0, 0.1) is 0 Å². The minimum atomic E-state index is -3.84. The number of nitrogen functional groups attached to an aromatic ring is 1. The summed E-state index contributed by atoms with van der Waals surface area (Å²) in [6, 6.07) is 11.5. The van der Waals surface area contributed by atoms with Crippen LogP contribution in [0.15, 0.2) is 47.4 Å². The number of sulfonamides is 1. The van der Waals surface area contributed by atoms with Crippen LogP contribution in [-0.2, 0) is 10.0 Å². The fraction of sp³-hybridized carbons (Fsp3) is 0. The molecule has 0 spiro atoms. The highest BCUT2D eigenvalue weighted by atomic mass is 35.5. The lowest BCUT2D eigenvalue weighted by Gasteiger charge is -2.12. The average molecular weight is 298 g/mol. The summed E-state index contributed by atoms with van der Waals surface area (Å²) in [7, 11) is -3.84. The van der Waals surface area contributed by atoms with E-state index in [1.807, 2.05) is 0 Å². The molecule has 0 atom stereocenters. The Kier molecular flexibility index (Phi) is 3.66. The smallest absolute Gasteiger partial charge is 0.240 e. The summed E-state index contributed by atoms with van der Waals surface area (Å²) in [5.41, 5.74) is 7.09. The SMILES string of the molecule is Nc1c(Nc2ccc(Cl)cc2)cccc1S(N)(=O)=O. The Balaban J connectivity index is 2.39. The van der Waals surface area contributed by atoms with E-state index >= 15 is 0 Å². The molecule has 0 saturated heterocycles. The molecule has 0 aliphatic carbocycles. The highest BCUT2D eigenvalue weighted by molar-refractivity contribution is 7.89. The molecule has 0 unspecified atom stereocenters. The summed E-state index contributed by atoms with van der Waals surface area (Å²) >= 11 is 5.78. The van der Waals surface area contributed by atoms with E-state index in [4.69, 9.17) is 22.5 Å². The Bertz CT molecular complexity index is 699. The zero-order valence-electron chi connectivity index (χ0n) is 9.80. The standard InChI is InChI=1S/C12H12ClN3O2S/c13-8-4-6-9(7-5-8)16-10-2-1-3-11(12(10)14)19(15,17)18/h1-7,16H,14H2,(H2,15,17,18). The molecule has 0 amide bonds. The molecule has 5 N–H and O–H groups in total. The van der Waals surface area contributed by atoms with Gasteiger partial charge in [0.05, 0.1) is 11.4 Å². The predicted octanol–water partition coefficient (Wildman–Crippen LogP) is 2.31. The van der Waals surface area contributed by atoms with Crippen molar-refractivity contribution in [3.8, 4) is 0 Å². The molecule has 0 heterocycles. The van der Waals surface area contributed by atoms with Crippen LogP contribution in [0.1, 0.15) is 0 Å². The maximum atomic E-state index is 11.4. The topological polar surface area (TPSA) is 98.2 Å². The minimum absolute atomic E-state index is 0.0833. The van der Waals surface area contributed by atoms with Crippen LogP contribution in [0.4, 0.5) is 17.1 Å². The molecule has 0 aliphatic rings. The van der Waals surface area contributed by atoms with Gasteiger partial charge in [0.15, 0.2) is 0 Å². The van der Waals surface area contributed by atoms with Gasteiger partial charge in [0.2, 0.25) is 10.0 Å². The van der Waals surface area contributed by atoms with Gasteiger partial charge in [-0.05, 0) is 36.4 Å². The van der Waals surface area contributed by atoms with Gasteiger partial charge in [-0.2, -0.15) is 0 Å². The quantitative estimate of drug-likeness (QED) is 0.757. The lowest BCUT2D eigenvalue weighted by atomic mass is 10.2. The van der Waals surface area contributed by atoms with Crippen LogP contribution in [0.2, 0.25) is 5.02 Å². The van der Waals surface area contributed by atoms with Crippen LogP contribution >= 0.6 is 11.6 Å². The van der Waals surface area contributed by atoms with Gasteiger partial charge >= 0.3 is 0 Å². The van der Waals surface area contributed by atoms with Crippen molar-refractivity contribution in [2.45, 2.75) is 4.90 Å². The number of para-hydroxylation sites is 1.